The van der Waals surface area contributed by atoms with E-state index in [-0.39, 0.29) is 18.3 Å². The molecule has 0 aliphatic carbocycles. The summed E-state index contributed by atoms with van der Waals surface area (Å²) in [6.07, 6.45) is 3.39. The number of hydrogen-bond acceptors (Lipinski definition) is 3. The molecule has 0 saturated heterocycles. The number of hydrogen-bond donors (Lipinski definition) is 1. The molecule has 0 unspecified atom stereocenters. The van der Waals surface area contributed by atoms with Crippen molar-refractivity contribution >= 4 is 17.8 Å². The van der Waals surface area contributed by atoms with Crippen molar-refractivity contribution < 1.29 is 9.18 Å². The summed E-state index contributed by atoms with van der Waals surface area (Å²) in [5, 5.41) is 3.83. The monoisotopic (exact) mass is 311 g/mol. The van der Waals surface area contributed by atoms with Gasteiger partial charge in [-0.2, -0.15) is 5.10 Å². The number of hydrazone groups is 1. The van der Waals surface area contributed by atoms with Gasteiger partial charge in [0, 0.05) is 17.8 Å². The maximum Gasteiger partial charge on any atom is 0.259 e. The van der Waals surface area contributed by atoms with Gasteiger partial charge in [0.2, 0.25) is 0 Å². The van der Waals surface area contributed by atoms with E-state index in [2.05, 4.69) is 16.6 Å². The maximum atomic E-state index is 13.4. The van der Waals surface area contributed by atoms with Gasteiger partial charge in [0.1, 0.15) is 5.82 Å². The van der Waals surface area contributed by atoms with E-state index in [1.165, 1.54) is 17.8 Å². The highest BCUT2D eigenvalue weighted by Gasteiger charge is 2.18. The second-order valence-corrected chi connectivity index (χ2v) is 5.47. The van der Waals surface area contributed by atoms with Crippen LogP contribution in [0.2, 0.25) is 0 Å². The summed E-state index contributed by atoms with van der Waals surface area (Å²) in [4.78, 5) is 14.1. The minimum Gasteiger partial charge on any atom is -0.362 e. The molecular formula is C18H18FN3O. The van der Waals surface area contributed by atoms with Crippen LogP contribution in [0.1, 0.15) is 17.5 Å². The van der Waals surface area contributed by atoms with Crippen molar-refractivity contribution in [1.82, 2.24) is 5.43 Å². The Morgan fingerprint density at radius 1 is 1.22 bits per heavy atom. The molecule has 0 bridgehead atoms. The molecule has 0 saturated carbocycles. The van der Waals surface area contributed by atoms with E-state index in [1.54, 1.807) is 18.2 Å². The van der Waals surface area contributed by atoms with Gasteiger partial charge in [0.15, 0.2) is 0 Å². The largest absolute Gasteiger partial charge is 0.362 e. The molecule has 0 radical (unpaired) electrons. The Labute approximate surface area is 134 Å². The second kappa shape index (κ2) is 7.05. The van der Waals surface area contributed by atoms with Gasteiger partial charge in [-0.25, -0.2) is 9.82 Å². The molecule has 1 amide bonds. The Hall–Kier alpha value is -2.69. The lowest BCUT2D eigenvalue weighted by Crippen LogP contribution is -2.38. The SMILES string of the molecule is O=C(CN1CCCc2ccccc21)N/N=C\c1ccccc1F. The molecule has 1 aliphatic rings. The smallest absolute Gasteiger partial charge is 0.259 e. The third-order valence-electron chi connectivity index (χ3n) is 3.84. The van der Waals surface area contributed by atoms with E-state index >= 15 is 0 Å². The highest BCUT2D eigenvalue weighted by molar-refractivity contribution is 5.85. The van der Waals surface area contributed by atoms with Crippen molar-refractivity contribution in [2.24, 2.45) is 5.10 Å². The van der Waals surface area contributed by atoms with Crippen molar-refractivity contribution in [1.29, 1.82) is 0 Å². The average molecular weight is 311 g/mol. The number of fused-ring (bicyclic) bond motifs is 1. The van der Waals surface area contributed by atoms with Gasteiger partial charge >= 0.3 is 0 Å². The Balaban J connectivity index is 1.59. The van der Waals surface area contributed by atoms with Crippen molar-refractivity contribution in [3.8, 4) is 0 Å². The first-order chi connectivity index (χ1) is 11.2. The lowest BCUT2D eigenvalue weighted by molar-refractivity contribution is -0.119. The number of carbonyl (C=O) groups is 1. The van der Waals surface area contributed by atoms with E-state index in [0.717, 1.165) is 25.1 Å². The van der Waals surface area contributed by atoms with Crippen molar-refractivity contribution in [2.75, 3.05) is 18.0 Å². The zero-order valence-corrected chi connectivity index (χ0v) is 12.7. The van der Waals surface area contributed by atoms with Crippen LogP contribution in [0.3, 0.4) is 0 Å². The van der Waals surface area contributed by atoms with Crippen LogP contribution in [0.4, 0.5) is 10.1 Å². The Morgan fingerprint density at radius 3 is 2.87 bits per heavy atom. The molecule has 2 aromatic rings. The van der Waals surface area contributed by atoms with Gasteiger partial charge in [0.05, 0.1) is 12.8 Å². The number of nitrogens with zero attached hydrogens (tertiary/aromatic N) is 2. The standard InChI is InChI=1S/C18H18FN3O/c19-16-9-3-1-7-15(16)12-20-21-18(23)13-22-11-5-8-14-6-2-4-10-17(14)22/h1-4,6-7,9-10,12H,5,8,11,13H2,(H,21,23)/b20-12-. The van der Waals surface area contributed by atoms with E-state index < -0.39 is 0 Å². The fourth-order valence-corrected chi connectivity index (χ4v) is 2.74. The number of benzene rings is 2. The summed E-state index contributed by atoms with van der Waals surface area (Å²) >= 11 is 0. The maximum absolute atomic E-state index is 13.4. The Bertz CT molecular complexity index is 730. The zero-order valence-electron chi connectivity index (χ0n) is 12.7. The van der Waals surface area contributed by atoms with Crippen LogP contribution >= 0.6 is 0 Å². The second-order valence-electron chi connectivity index (χ2n) is 5.47. The predicted octanol–water partition coefficient (Wildman–Crippen LogP) is 2.73. The Morgan fingerprint density at radius 2 is 2.00 bits per heavy atom. The third-order valence-corrected chi connectivity index (χ3v) is 3.84. The summed E-state index contributed by atoms with van der Waals surface area (Å²) in [5.74, 6) is -0.579. The van der Waals surface area contributed by atoms with E-state index in [0.29, 0.717) is 5.56 Å². The lowest BCUT2D eigenvalue weighted by atomic mass is 10.0. The number of para-hydroxylation sites is 1. The molecule has 4 nitrogen and oxygen atoms in total. The fraction of sp³-hybridized carbons (Fsp3) is 0.222. The Kier molecular flexibility index (Phi) is 4.66. The molecule has 0 aromatic heterocycles. The first kappa shape index (κ1) is 15.2. The fourth-order valence-electron chi connectivity index (χ4n) is 2.74. The normalized spacial score (nSPS) is 13.9. The summed E-state index contributed by atoms with van der Waals surface area (Å²) in [7, 11) is 0. The number of rotatable bonds is 4. The minimum atomic E-state index is -0.365. The van der Waals surface area contributed by atoms with Crippen molar-refractivity contribution in [2.45, 2.75) is 12.8 Å². The molecular weight excluding hydrogens is 293 g/mol. The summed E-state index contributed by atoms with van der Waals surface area (Å²) in [6, 6.07) is 14.4. The molecule has 118 valence electrons. The highest BCUT2D eigenvalue weighted by Crippen LogP contribution is 2.26. The van der Waals surface area contributed by atoms with Crippen molar-refractivity contribution in [3.05, 3.63) is 65.5 Å². The number of anilines is 1. The molecule has 23 heavy (non-hydrogen) atoms. The zero-order chi connectivity index (χ0) is 16.1. The quantitative estimate of drug-likeness (QED) is 0.697. The summed E-state index contributed by atoms with van der Waals surface area (Å²) in [5.41, 5.74) is 5.17. The van der Waals surface area contributed by atoms with Crippen LogP contribution in [0.25, 0.3) is 0 Å². The van der Waals surface area contributed by atoms with Crippen LogP contribution in [0, 0.1) is 5.82 Å². The van der Waals surface area contributed by atoms with Crippen LogP contribution < -0.4 is 10.3 Å². The first-order valence-corrected chi connectivity index (χ1v) is 7.63. The van der Waals surface area contributed by atoms with E-state index in [4.69, 9.17) is 0 Å². The van der Waals surface area contributed by atoms with Crippen LogP contribution in [-0.4, -0.2) is 25.2 Å². The summed E-state index contributed by atoms with van der Waals surface area (Å²) < 4.78 is 13.4. The number of carbonyl (C=O) groups excluding carboxylic acids is 1. The van der Waals surface area contributed by atoms with Crippen LogP contribution in [0.5, 0.6) is 0 Å². The molecule has 1 aliphatic heterocycles. The van der Waals surface area contributed by atoms with Crippen LogP contribution in [0.15, 0.2) is 53.6 Å². The summed E-state index contributed by atoms with van der Waals surface area (Å²) in [6.45, 7) is 1.09. The average Bonchev–Trinajstić information content (AvgIpc) is 2.57. The van der Waals surface area contributed by atoms with Gasteiger partial charge < -0.3 is 4.90 Å². The molecule has 3 rings (SSSR count). The molecule has 0 atom stereocenters. The van der Waals surface area contributed by atoms with Crippen LogP contribution in [-0.2, 0) is 11.2 Å². The highest BCUT2D eigenvalue weighted by atomic mass is 19.1. The predicted molar refractivity (Wildman–Crippen MR) is 89.1 cm³/mol. The van der Waals surface area contributed by atoms with Gasteiger partial charge in [-0.15, -0.1) is 0 Å². The number of aryl methyl sites for hydroxylation is 1. The molecule has 1 N–H and O–H groups in total. The molecule has 2 aromatic carbocycles. The van der Waals surface area contributed by atoms with Gasteiger partial charge in [-0.3, -0.25) is 4.79 Å². The van der Waals surface area contributed by atoms with Gasteiger partial charge in [-0.05, 0) is 30.5 Å². The van der Waals surface area contributed by atoms with E-state index in [9.17, 15) is 9.18 Å². The lowest BCUT2D eigenvalue weighted by Gasteiger charge is -2.30. The van der Waals surface area contributed by atoms with E-state index in [1.807, 2.05) is 23.1 Å². The topological polar surface area (TPSA) is 44.7 Å². The third kappa shape index (κ3) is 3.74. The molecule has 0 fully saturated rings. The molecule has 0 spiro atoms. The first-order valence-electron chi connectivity index (χ1n) is 7.63. The van der Waals surface area contributed by atoms with Gasteiger partial charge in [0.25, 0.3) is 5.91 Å². The molecule has 1 heterocycles. The number of halogens is 1. The van der Waals surface area contributed by atoms with Crippen molar-refractivity contribution in [3.63, 3.8) is 0 Å². The number of nitrogens with one attached hydrogen (secondary N) is 1. The number of amides is 1. The minimum absolute atomic E-state index is 0.214. The van der Waals surface area contributed by atoms with Gasteiger partial charge in [-0.1, -0.05) is 36.4 Å². The molecule has 5 heteroatoms.